The molecule has 0 amide bonds. The number of fused-ring (bicyclic) bond motifs is 1. The number of hydrogen-bond donors (Lipinski definition) is 1. The number of para-hydroxylation sites is 1. The number of nitriles is 1. The average molecular weight is 279 g/mol. The quantitative estimate of drug-likeness (QED) is 0.889. The van der Waals surface area contributed by atoms with E-state index in [0.717, 1.165) is 41.4 Å². The minimum atomic E-state index is 0.428. The number of nitrogens with one attached hydrogen (secondary N) is 1. The first-order valence-electron chi connectivity index (χ1n) is 7.74. The van der Waals surface area contributed by atoms with Gasteiger partial charge in [0.25, 0.3) is 0 Å². The van der Waals surface area contributed by atoms with Crippen LogP contribution in [0, 0.1) is 23.2 Å². The van der Waals surface area contributed by atoms with E-state index in [1.807, 2.05) is 30.3 Å². The van der Waals surface area contributed by atoms with Crippen LogP contribution in [0.4, 0.5) is 5.82 Å². The molecule has 3 rings (SSSR count). The molecule has 108 valence electrons. The molecule has 1 heterocycles. The highest BCUT2D eigenvalue weighted by Crippen LogP contribution is 2.31. The molecule has 1 aliphatic rings. The summed E-state index contributed by atoms with van der Waals surface area (Å²) in [6, 6.07) is 12.6. The van der Waals surface area contributed by atoms with E-state index >= 15 is 0 Å². The van der Waals surface area contributed by atoms with Gasteiger partial charge in [-0.15, -0.1) is 0 Å². The van der Waals surface area contributed by atoms with E-state index in [-0.39, 0.29) is 0 Å². The summed E-state index contributed by atoms with van der Waals surface area (Å²) in [6.07, 6.45) is 3.56. The Labute approximate surface area is 126 Å². The molecule has 1 saturated carbocycles. The van der Waals surface area contributed by atoms with Gasteiger partial charge in [-0.25, -0.2) is 4.98 Å². The highest BCUT2D eigenvalue weighted by atomic mass is 15.0. The van der Waals surface area contributed by atoms with Crippen LogP contribution in [0.2, 0.25) is 0 Å². The van der Waals surface area contributed by atoms with Crippen LogP contribution in [0.3, 0.4) is 0 Å². The fourth-order valence-electron chi connectivity index (χ4n) is 3.18. The third-order valence-electron chi connectivity index (χ3n) is 4.78. The summed E-state index contributed by atoms with van der Waals surface area (Å²) in [6.45, 7) is 4.65. The van der Waals surface area contributed by atoms with E-state index in [1.165, 1.54) is 6.42 Å². The van der Waals surface area contributed by atoms with Gasteiger partial charge in [0.15, 0.2) is 0 Å². The average Bonchev–Trinajstić information content (AvgIpc) is 2.50. The molecule has 0 bridgehead atoms. The number of nitrogens with zero attached hydrogens (tertiary/aromatic N) is 2. The third kappa shape index (κ3) is 2.85. The molecule has 3 nitrogen and oxygen atoms in total. The van der Waals surface area contributed by atoms with Crippen LogP contribution < -0.4 is 5.32 Å². The Morgan fingerprint density at radius 2 is 2.00 bits per heavy atom. The molecule has 0 radical (unpaired) electrons. The Hall–Kier alpha value is -2.08. The number of aromatic nitrogens is 1. The van der Waals surface area contributed by atoms with Crippen LogP contribution in [0.15, 0.2) is 30.3 Å². The van der Waals surface area contributed by atoms with Crippen LogP contribution >= 0.6 is 0 Å². The minimum absolute atomic E-state index is 0.428. The van der Waals surface area contributed by atoms with Gasteiger partial charge in [0.2, 0.25) is 0 Å². The number of pyridine rings is 1. The summed E-state index contributed by atoms with van der Waals surface area (Å²) in [7, 11) is 0. The first kappa shape index (κ1) is 13.9. The lowest BCUT2D eigenvalue weighted by Gasteiger charge is -2.33. The molecule has 1 aromatic carbocycles. The lowest BCUT2D eigenvalue weighted by atomic mass is 9.79. The molecule has 0 spiro atoms. The van der Waals surface area contributed by atoms with E-state index in [2.05, 4.69) is 30.2 Å². The monoisotopic (exact) mass is 279 g/mol. The fourth-order valence-corrected chi connectivity index (χ4v) is 3.18. The molecule has 0 aliphatic heterocycles. The zero-order valence-electron chi connectivity index (χ0n) is 12.6. The second-order valence-corrected chi connectivity index (χ2v) is 6.30. The van der Waals surface area contributed by atoms with Gasteiger partial charge >= 0.3 is 0 Å². The summed E-state index contributed by atoms with van der Waals surface area (Å²) in [5.74, 6) is 2.26. The Morgan fingerprint density at radius 3 is 2.76 bits per heavy atom. The van der Waals surface area contributed by atoms with Gasteiger partial charge in [0.1, 0.15) is 11.9 Å². The van der Waals surface area contributed by atoms with Crippen molar-refractivity contribution in [3.63, 3.8) is 0 Å². The van der Waals surface area contributed by atoms with E-state index in [9.17, 15) is 5.26 Å². The SMILES string of the molecule is CC1CCC(Nc2nc3ccccc3cc2C#N)CC1C. The van der Waals surface area contributed by atoms with Gasteiger partial charge in [0, 0.05) is 11.4 Å². The maximum atomic E-state index is 9.37. The normalized spacial score (nSPS) is 25.5. The van der Waals surface area contributed by atoms with Crippen LogP contribution in [0.25, 0.3) is 10.9 Å². The lowest BCUT2D eigenvalue weighted by molar-refractivity contribution is 0.260. The fraction of sp³-hybridized carbons (Fsp3) is 0.444. The molecule has 3 unspecified atom stereocenters. The molecule has 1 N–H and O–H groups in total. The molecular formula is C18H21N3. The van der Waals surface area contributed by atoms with Gasteiger partial charge in [-0.2, -0.15) is 5.26 Å². The Bertz CT molecular complexity index is 686. The number of hydrogen-bond acceptors (Lipinski definition) is 3. The standard InChI is InChI=1S/C18H21N3/c1-12-7-8-16(9-13(12)2)20-18-15(11-19)10-14-5-3-4-6-17(14)21-18/h3-6,10,12-13,16H,7-9H2,1-2H3,(H,20,21). The van der Waals surface area contributed by atoms with Crippen molar-refractivity contribution in [2.45, 2.75) is 39.2 Å². The Balaban J connectivity index is 1.88. The van der Waals surface area contributed by atoms with Gasteiger partial charge < -0.3 is 5.32 Å². The second-order valence-electron chi connectivity index (χ2n) is 6.30. The zero-order chi connectivity index (χ0) is 14.8. The van der Waals surface area contributed by atoms with Gasteiger partial charge in [0.05, 0.1) is 11.1 Å². The summed E-state index contributed by atoms with van der Waals surface area (Å²) in [5.41, 5.74) is 1.58. The van der Waals surface area contributed by atoms with Crippen molar-refractivity contribution >= 4 is 16.7 Å². The van der Waals surface area contributed by atoms with Crippen molar-refractivity contribution < 1.29 is 0 Å². The summed E-state index contributed by atoms with van der Waals surface area (Å²) in [4.78, 5) is 4.65. The summed E-state index contributed by atoms with van der Waals surface area (Å²) < 4.78 is 0. The third-order valence-corrected chi connectivity index (χ3v) is 4.78. The highest BCUT2D eigenvalue weighted by molar-refractivity contribution is 5.82. The van der Waals surface area contributed by atoms with Crippen molar-refractivity contribution in [1.29, 1.82) is 5.26 Å². The highest BCUT2D eigenvalue weighted by Gasteiger charge is 2.25. The predicted molar refractivity (Wildman–Crippen MR) is 86.0 cm³/mol. The summed E-state index contributed by atoms with van der Waals surface area (Å²) >= 11 is 0. The minimum Gasteiger partial charge on any atom is -0.366 e. The molecule has 21 heavy (non-hydrogen) atoms. The van der Waals surface area contributed by atoms with Crippen molar-refractivity contribution in [2.24, 2.45) is 11.8 Å². The molecule has 3 atom stereocenters. The van der Waals surface area contributed by atoms with E-state index in [4.69, 9.17) is 0 Å². The van der Waals surface area contributed by atoms with Crippen molar-refractivity contribution in [2.75, 3.05) is 5.32 Å². The summed E-state index contributed by atoms with van der Waals surface area (Å²) in [5, 5.41) is 13.9. The molecule has 1 fully saturated rings. The smallest absolute Gasteiger partial charge is 0.144 e. The zero-order valence-corrected chi connectivity index (χ0v) is 12.6. The van der Waals surface area contributed by atoms with Crippen LogP contribution in [-0.2, 0) is 0 Å². The van der Waals surface area contributed by atoms with Crippen LogP contribution in [-0.4, -0.2) is 11.0 Å². The largest absolute Gasteiger partial charge is 0.366 e. The topological polar surface area (TPSA) is 48.7 Å². The Morgan fingerprint density at radius 1 is 1.19 bits per heavy atom. The first-order chi connectivity index (χ1) is 10.2. The van der Waals surface area contributed by atoms with Gasteiger partial charge in [-0.05, 0) is 43.2 Å². The molecule has 1 aliphatic carbocycles. The van der Waals surface area contributed by atoms with E-state index < -0.39 is 0 Å². The molecule has 2 aromatic rings. The van der Waals surface area contributed by atoms with Gasteiger partial charge in [-0.1, -0.05) is 32.0 Å². The number of anilines is 1. The van der Waals surface area contributed by atoms with Crippen LogP contribution in [0.1, 0.15) is 38.7 Å². The predicted octanol–water partition coefficient (Wildman–Crippen LogP) is 4.34. The van der Waals surface area contributed by atoms with Crippen molar-refractivity contribution in [3.8, 4) is 6.07 Å². The molecule has 0 saturated heterocycles. The number of rotatable bonds is 2. The first-order valence-corrected chi connectivity index (χ1v) is 7.74. The van der Waals surface area contributed by atoms with Crippen molar-refractivity contribution in [3.05, 3.63) is 35.9 Å². The molecule has 3 heteroatoms. The number of benzene rings is 1. The van der Waals surface area contributed by atoms with Crippen molar-refractivity contribution in [1.82, 2.24) is 4.98 Å². The lowest BCUT2D eigenvalue weighted by Crippen LogP contribution is -2.30. The molecular weight excluding hydrogens is 258 g/mol. The van der Waals surface area contributed by atoms with E-state index in [0.29, 0.717) is 11.6 Å². The van der Waals surface area contributed by atoms with Gasteiger partial charge in [-0.3, -0.25) is 0 Å². The second kappa shape index (κ2) is 5.73. The maximum Gasteiger partial charge on any atom is 0.144 e. The maximum absolute atomic E-state index is 9.37. The van der Waals surface area contributed by atoms with E-state index in [1.54, 1.807) is 0 Å². The van der Waals surface area contributed by atoms with Crippen LogP contribution in [0.5, 0.6) is 0 Å². The Kier molecular flexibility index (Phi) is 3.79. The molecule has 1 aromatic heterocycles.